The molecule has 0 aliphatic carbocycles. The number of nitrogens with one attached hydrogen (secondary N) is 3. The zero-order valence-corrected chi connectivity index (χ0v) is 13.6. The molecule has 0 fully saturated rings. The van der Waals surface area contributed by atoms with Gasteiger partial charge in [-0.1, -0.05) is 17.7 Å². The van der Waals surface area contributed by atoms with Crippen LogP contribution in [-0.4, -0.2) is 24.2 Å². The minimum Gasteiger partial charge on any atom is -0.493 e. The maximum atomic E-state index is 5.96. The van der Waals surface area contributed by atoms with Crippen LogP contribution in [0.1, 0.15) is 5.56 Å². The third-order valence-electron chi connectivity index (χ3n) is 3.39. The molecule has 6 nitrogen and oxygen atoms in total. The Kier molecular flexibility index (Phi) is 4.55. The monoisotopic (exact) mass is 332 g/mol. The molecule has 7 heteroatoms. The second-order valence-electron chi connectivity index (χ2n) is 4.91. The van der Waals surface area contributed by atoms with Gasteiger partial charge in [0, 0.05) is 11.6 Å². The van der Waals surface area contributed by atoms with E-state index in [0.717, 1.165) is 16.6 Å². The Morgan fingerprint density at radius 3 is 2.70 bits per heavy atom. The summed E-state index contributed by atoms with van der Waals surface area (Å²) >= 11 is 5.96. The van der Waals surface area contributed by atoms with E-state index in [1.54, 1.807) is 14.2 Å². The number of fused-ring (bicyclic) bond motifs is 1. The van der Waals surface area contributed by atoms with Crippen LogP contribution in [0.2, 0.25) is 5.02 Å². The van der Waals surface area contributed by atoms with Crippen molar-refractivity contribution in [1.82, 2.24) is 15.4 Å². The van der Waals surface area contributed by atoms with E-state index in [9.17, 15) is 0 Å². The molecule has 0 spiro atoms. The van der Waals surface area contributed by atoms with Crippen LogP contribution in [0.15, 0.2) is 36.4 Å². The fourth-order valence-corrected chi connectivity index (χ4v) is 2.43. The van der Waals surface area contributed by atoms with Gasteiger partial charge in [0.25, 0.3) is 0 Å². The van der Waals surface area contributed by atoms with Crippen molar-refractivity contribution >= 4 is 28.6 Å². The number of anilines is 1. The van der Waals surface area contributed by atoms with Gasteiger partial charge in [0.2, 0.25) is 5.95 Å². The molecule has 3 aromatic rings. The molecule has 23 heavy (non-hydrogen) atoms. The lowest BCUT2D eigenvalue weighted by molar-refractivity contribution is 0.354. The van der Waals surface area contributed by atoms with Gasteiger partial charge >= 0.3 is 0 Å². The van der Waals surface area contributed by atoms with Gasteiger partial charge in [-0.2, -0.15) is 0 Å². The fraction of sp³-hybridized carbons (Fsp3) is 0.188. The Hall–Kier alpha value is -2.44. The largest absolute Gasteiger partial charge is 0.493 e. The van der Waals surface area contributed by atoms with Gasteiger partial charge in [-0.3, -0.25) is 5.43 Å². The smallest absolute Gasteiger partial charge is 0.215 e. The molecule has 0 unspecified atom stereocenters. The minimum atomic E-state index is 0.595. The number of ether oxygens (including phenoxy) is 2. The number of aromatic amines is 1. The topological polar surface area (TPSA) is 71.2 Å². The number of methoxy groups -OCH3 is 2. The van der Waals surface area contributed by atoms with Gasteiger partial charge in [-0.25, -0.2) is 10.4 Å². The highest BCUT2D eigenvalue weighted by Crippen LogP contribution is 2.27. The summed E-state index contributed by atoms with van der Waals surface area (Å²) in [7, 11) is 3.23. The summed E-state index contributed by atoms with van der Waals surface area (Å²) in [6, 6.07) is 11.3. The van der Waals surface area contributed by atoms with Crippen LogP contribution in [0.5, 0.6) is 11.5 Å². The Bertz CT molecular complexity index is 819. The van der Waals surface area contributed by atoms with Crippen LogP contribution in [0.3, 0.4) is 0 Å². The Morgan fingerprint density at radius 2 is 1.91 bits per heavy atom. The van der Waals surface area contributed by atoms with Crippen molar-refractivity contribution in [1.29, 1.82) is 0 Å². The van der Waals surface area contributed by atoms with Crippen molar-refractivity contribution in [3.05, 3.63) is 47.0 Å². The zero-order valence-electron chi connectivity index (χ0n) is 12.8. The number of rotatable bonds is 6. The molecule has 3 rings (SSSR count). The summed E-state index contributed by atoms with van der Waals surface area (Å²) in [5, 5.41) is 0.672. The molecule has 120 valence electrons. The standard InChI is InChI=1S/C16H17ClN4O2/c1-22-14-6-3-10(7-15(14)23-2)9-18-21-16-19-12-5-4-11(17)8-13(12)20-16/h3-8,18H,9H2,1-2H3,(H2,19,20,21). The first-order valence-electron chi connectivity index (χ1n) is 7.04. The molecule has 0 aliphatic heterocycles. The van der Waals surface area contributed by atoms with E-state index in [-0.39, 0.29) is 0 Å². The van der Waals surface area contributed by atoms with E-state index in [0.29, 0.717) is 29.0 Å². The number of H-pyrrole nitrogens is 1. The average molecular weight is 333 g/mol. The molecule has 0 saturated carbocycles. The van der Waals surface area contributed by atoms with Gasteiger partial charge < -0.3 is 14.5 Å². The normalized spacial score (nSPS) is 10.7. The molecular formula is C16H17ClN4O2. The van der Waals surface area contributed by atoms with Crippen LogP contribution in [0, 0.1) is 0 Å². The van der Waals surface area contributed by atoms with E-state index >= 15 is 0 Å². The number of nitrogens with zero attached hydrogens (tertiary/aromatic N) is 1. The Balaban J connectivity index is 1.64. The van der Waals surface area contributed by atoms with E-state index in [1.807, 2.05) is 36.4 Å². The van der Waals surface area contributed by atoms with Crippen molar-refractivity contribution < 1.29 is 9.47 Å². The first-order chi connectivity index (χ1) is 11.2. The lowest BCUT2D eigenvalue weighted by Crippen LogP contribution is -2.21. The highest BCUT2D eigenvalue weighted by Gasteiger charge is 2.05. The van der Waals surface area contributed by atoms with Crippen LogP contribution >= 0.6 is 11.6 Å². The third kappa shape index (κ3) is 3.49. The van der Waals surface area contributed by atoms with Crippen LogP contribution in [0.4, 0.5) is 5.95 Å². The Labute approximate surface area is 138 Å². The van der Waals surface area contributed by atoms with Gasteiger partial charge in [0.1, 0.15) is 0 Å². The van der Waals surface area contributed by atoms with E-state index < -0.39 is 0 Å². The quantitative estimate of drug-likeness (QED) is 0.604. The van der Waals surface area contributed by atoms with E-state index in [4.69, 9.17) is 21.1 Å². The highest BCUT2D eigenvalue weighted by molar-refractivity contribution is 6.31. The molecule has 0 radical (unpaired) electrons. The molecule has 0 aliphatic rings. The molecule has 0 bridgehead atoms. The number of halogens is 1. The van der Waals surface area contributed by atoms with Crippen LogP contribution in [-0.2, 0) is 6.54 Å². The maximum absolute atomic E-state index is 5.96. The summed E-state index contributed by atoms with van der Waals surface area (Å²) in [6.07, 6.45) is 0. The molecule has 2 aromatic carbocycles. The number of benzene rings is 2. The summed E-state index contributed by atoms with van der Waals surface area (Å²) in [4.78, 5) is 7.56. The van der Waals surface area contributed by atoms with Crippen LogP contribution in [0.25, 0.3) is 11.0 Å². The maximum Gasteiger partial charge on any atom is 0.215 e. The lowest BCUT2D eigenvalue weighted by atomic mass is 10.2. The highest BCUT2D eigenvalue weighted by atomic mass is 35.5. The predicted molar refractivity (Wildman–Crippen MR) is 91.1 cm³/mol. The lowest BCUT2D eigenvalue weighted by Gasteiger charge is -2.10. The fourth-order valence-electron chi connectivity index (χ4n) is 2.26. The average Bonchev–Trinajstić information content (AvgIpc) is 2.96. The first kappa shape index (κ1) is 15.5. The number of imidazole rings is 1. The molecular weight excluding hydrogens is 316 g/mol. The summed E-state index contributed by atoms with van der Waals surface area (Å²) in [5.74, 6) is 2.03. The molecule has 0 amide bonds. The second kappa shape index (κ2) is 6.76. The van der Waals surface area contributed by atoms with Crippen LogP contribution < -0.4 is 20.3 Å². The van der Waals surface area contributed by atoms with E-state index in [1.165, 1.54) is 0 Å². The zero-order chi connectivity index (χ0) is 16.2. The minimum absolute atomic E-state index is 0.595. The molecule has 0 saturated heterocycles. The molecule has 3 N–H and O–H groups in total. The van der Waals surface area contributed by atoms with Gasteiger partial charge in [-0.05, 0) is 35.9 Å². The van der Waals surface area contributed by atoms with Gasteiger partial charge in [-0.15, -0.1) is 0 Å². The molecule has 0 atom stereocenters. The molecule has 1 aromatic heterocycles. The van der Waals surface area contributed by atoms with Crippen molar-refractivity contribution in [3.8, 4) is 11.5 Å². The Morgan fingerprint density at radius 1 is 1.09 bits per heavy atom. The second-order valence-corrected chi connectivity index (χ2v) is 5.35. The predicted octanol–water partition coefficient (Wildman–Crippen LogP) is 3.35. The van der Waals surface area contributed by atoms with Gasteiger partial charge in [0.05, 0.1) is 25.3 Å². The van der Waals surface area contributed by atoms with Crippen molar-refractivity contribution in [3.63, 3.8) is 0 Å². The number of hydrogen-bond donors (Lipinski definition) is 3. The summed E-state index contributed by atoms with van der Waals surface area (Å²) in [5.41, 5.74) is 8.93. The molecule has 1 heterocycles. The van der Waals surface area contributed by atoms with Crippen molar-refractivity contribution in [2.24, 2.45) is 0 Å². The number of hydrazine groups is 1. The first-order valence-corrected chi connectivity index (χ1v) is 7.42. The van der Waals surface area contributed by atoms with E-state index in [2.05, 4.69) is 20.8 Å². The summed E-state index contributed by atoms with van der Waals surface area (Å²) in [6.45, 7) is 0.595. The number of hydrogen-bond acceptors (Lipinski definition) is 5. The van der Waals surface area contributed by atoms with Crippen molar-refractivity contribution in [2.45, 2.75) is 6.54 Å². The third-order valence-corrected chi connectivity index (χ3v) is 3.63. The van der Waals surface area contributed by atoms with Gasteiger partial charge in [0.15, 0.2) is 11.5 Å². The SMILES string of the molecule is COc1ccc(CNNc2nc3ccc(Cl)cc3[nH]2)cc1OC. The van der Waals surface area contributed by atoms with Crippen molar-refractivity contribution in [2.75, 3.05) is 19.6 Å². The number of aromatic nitrogens is 2. The summed E-state index contributed by atoms with van der Waals surface area (Å²) < 4.78 is 10.5.